The number of carbonyl (C=O) groups excluding carboxylic acids is 2. The van der Waals surface area contributed by atoms with E-state index in [1.54, 1.807) is 4.90 Å². The molecule has 0 radical (unpaired) electrons. The number of nitrogens with zero attached hydrogens (tertiary/aromatic N) is 3. The second-order valence-corrected chi connectivity index (χ2v) is 6.56. The third-order valence-corrected chi connectivity index (χ3v) is 4.78. The van der Waals surface area contributed by atoms with Crippen molar-refractivity contribution in [2.45, 2.75) is 31.7 Å². The van der Waals surface area contributed by atoms with E-state index >= 15 is 0 Å². The summed E-state index contributed by atoms with van der Waals surface area (Å²) in [6.45, 7) is 1.31. The van der Waals surface area contributed by atoms with Gasteiger partial charge in [-0.1, -0.05) is 0 Å². The molecule has 7 nitrogen and oxygen atoms in total. The van der Waals surface area contributed by atoms with E-state index in [-0.39, 0.29) is 19.0 Å². The topological polar surface area (TPSA) is 71.9 Å². The Hall–Kier alpha value is -2.36. The van der Waals surface area contributed by atoms with Gasteiger partial charge in [-0.05, 0) is 25.0 Å². The van der Waals surface area contributed by atoms with E-state index in [0.29, 0.717) is 32.2 Å². The number of amides is 2. The van der Waals surface area contributed by atoms with E-state index in [9.17, 15) is 27.6 Å². The molecular formula is C17H20F3N3O4. The molecule has 2 saturated heterocycles. The highest BCUT2D eigenvalue weighted by molar-refractivity contribution is 5.82. The van der Waals surface area contributed by atoms with Gasteiger partial charge < -0.3 is 19.1 Å². The molecule has 2 aliphatic rings. The molecule has 2 aliphatic heterocycles. The van der Waals surface area contributed by atoms with Gasteiger partial charge in [0.15, 0.2) is 0 Å². The Morgan fingerprint density at radius 3 is 2.41 bits per heavy atom. The number of hydrogen-bond donors (Lipinski definition) is 0. The van der Waals surface area contributed by atoms with E-state index in [1.807, 2.05) is 0 Å². The number of carbonyl (C=O) groups is 2. The lowest BCUT2D eigenvalue weighted by molar-refractivity contribution is -0.146. The van der Waals surface area contributed by atoms with Crippen LogP contribution < -0.4 is 5.56 Å². The van der Waals surface area contributed by atoms with Crippen molar-refractivity contribution in [3.05, 3.63) is 34.2 Å². The van der Waals surface area contributed by atoms with Crippen LogP contribution in [0.2, 0.25) is 0 Å². The van der Waals surface area contributed by atoms with Crippen LogP contribution in [0.1, 0.15) is 18.4 Å². The summed E-state index contributed by atoms with van der Waals surface area (Å²) in [4.78, 5) is 39.7. The molecule has 2 amide bonds. The van der Waals surface area contributed by atoms with Crippen LogP contribution in [0.3, 0.4) is 0 Å². The average molecular weight is 387 g/mol. The van der Waals surface area contributed by atoms with Crippen molar-refractivity contribution in [1.82, 2.24) is 14.4 Å². The Bertz CT molecular complexity index is 763. The molecule has 3 heterocycles. The standard InChI is InChI=1S/C17H20F3N3O4/c18-17(19,20)12-3-1-5-23(15(12)25)11-14(24)21-6-8-22(9-7-21)16(26)13-4-2-10-27-13/h1,3,5,13H,2,4,6-11H2. The molecular weight excluding hydrogens is 367 g/mol. The predicted octanol–water partition coefficient (Wildman–Crippen LogP) is 0.717. The van der Waals surface area contributed by atoms with E-state index in [1.165, 1.54) is 4.90 Å². The lowest BCUT2D eigenvalue weighted by Gasteiger charge is -2.35. The normalized spacial score (nSPS) is 20.8. The van der Waals surface area contributed by atoms with Gasteiger partial charge in [0.25, 0.3) is 11.5 Å². The third-order valence-electron chi connectivity index (χ3n) is 4.78. The number of alkyl halides is 3. The zero-order valence-electron chi connectivity index (χ0n) is 14.6. The molecule has 27 heavy (non-hydrogen) atoms. The fraction of sp³-hybridized carbons (Fsp3) is 0.588. The van der Waals surface area contributed by atoms with Crippen LogP contribution in [0, 0.1) is 0 Å². The number of halogens is 3. The molecule has 0 aromatic carbocycles. The first-order valence-corrected chi connectivity index (χ1v) is 8.72. The summed E-state index contributed by atoms with van der Waals surface area (Å²) in [6, 6.07) is 1.79. The highest BCUT2D eigenvalue weighted by atomic mass is 19.4. The Kier molecular flexibility index (Phi) is 5.54. The molecule has 1 atom stereocenters. The Morgan fingerprint density at radius 1 is 1.15 bits per heavy atom. The molecule has 0 saturated carbocycles. The van der Waals surface area contributed by atoms with Gasteiger partial charge >= 0.3 is 6.18 Å². The summed E-state index contributed by atoms with van der Waals surface area (Å²) >= 11 is 0. The molecule has 0 bridgehead atoms. The Balaban J connectivity index is 1.59. The number of rotatable bonds is 3. The molecule has 1 aromatic rings. The fourth-order valence-corrected chi connectivity index (χ4v) is 3.28. The molecule has 0 aliphatic carbocycles. The van der Waals surface area contributed by atoms with Gasteiger partial charge in [-0.25, -0.2) is 0 Å². The molecule has 10 heteroatoms. The van der Waals surface area contributed by atoms with E-state index in [4.69, 9.17) is 4.74 Å². The average Bonchev–Trinajstić information content (AvgIpc) is 3.16. The van der Waals surface area contributed by atoms with Crippen molar-refractivity contribution in [3.8, 4) is 0 Å². The number of aromatic nitrogens is 1. The first-order chi connectivity index (χ1) is 12.8. The molecule has 1 unspecified atom stereocenters. The van der Waals surface area contributed by atoms with Crippen molar-refractivity contribution in [2.75, 3.05) is 32.8 Å². The summed E-state index contributed by atoms with van der Waals surface area (Å²) in [6.07, 6.45) is -2.49. The summed E-state index contributed by atoms with van der Waals surface area (Å²) in [5.41, 5.74) is -2.55. The van der Waals surface area contributed by atoms with E-state index < -0.39 is 35.9 Å². The largest absolute Gasteiger partial charge is 0.421 e. The van der Waals surface area contributed by atoms with Crippen LogP contribution in [0.25, 0.3) is 0 Å². The minimum atomic E-state index is -4.77. The van der Waals surface area contributed by atoms with Crippen molar-refractivity contribution < 1.29 is 27.5 Å². The first kappa shape index (κ1) is 19.4. The van der Waals surface area contributed by atoms with Gasteiger partial charge in [-0.2, -0.15) is 13.2 Å². The van der Waals surface area contributed by atoms with Gasteiger partial charge in [0.05, 0.1) is 0 Å². The van der Waals surface area contributed by atoms with Crippen molar-refractivity contribution in [2.24, 2.45) is 0 Å². The smallest absolute Gasteiger partial charge is 0.368 e. The van der Waals surface area contributed by atoms with Gasteiger partial charge in [0.2, 0.25) is 5.91 Å². The quantitative estimate of drug-likeness (QED) is 0.766. The Morgan fingerprint density at radius 2 is 1.81 bits per heavy atom. The lowest BCUT2D eigenvalue weighted by atomic mass is 10.2. The first-order valence-electron chi connectivity index (χ1n) is 8.72. The summed E-state index contributed by atoms with van der Waals surface area (Å²) < 4.78 is 44.6. The molecule has 2 fully saturated rings. The van der Waals surface area contributed by atoms with Crippen LogP contribution in [-0.2, 0) is 27.0 Å². The highest BCUT2D eigenvalue weighted by Gasteiger charge is 2.35. The van der Waals surface area contributed by atoms with Gasteiger partial charge in [-0.15, -0.1) is 0 Å². The fourth-order valence-electron chi connectivity index (χ4n) is 3.28. The van der Waals surface area contributed by atoms with Crippen LogP contribution in [0.4, 0.5) is 13.2 Å². The SMILES string of the molecule is O=C(Cn1cccc(C(F)(F)F)c1=O)N1CCN(C(=O)C2CCCO2)CC1. The van der Waals surface area contributed by atoms with Crippen molar-refractivity contribution >= 4 is 11.8 Å². The summed E-state index contributed by atoms with van der Waals surface area (Å²) in [5.74, 6) is -0.547. The molecule has 148 valence electrons. The van der Waals surface area contributed by atoms with Crippen molar-refractivity contribution in [3.63, 3.8) is 0 Å². The zero-order chi connectivity index (χ0) is 19.6. The van der Waals surface area contributed by atoms with Crippen LogP contribution in [-0.4, -0.2) is 65.1 Å². The lowest BCUT2D eigenvalue weighted by Crippen LogP contribution is -2.53. The molecule has 1 aromatic heterocycles. The number of ether oxygens (including phenoxy) is 1. The van der Waals surface area contributed by atoms with Crippen molar-refractivity contribution in [1.29, 1.82) is 0 Å². The maximum atomic E-state index is 12.8. The van der Waals surface area contributed by atoms with Gasteiger partial charge in [0, 0.05) is 39.0 Å². The summed E-state index contributed by atoms with van der Waals surface area (Å²) in [7, 11) is 0. The third kappa shape index (κ3) is 4.32. The highest BCUT2D eigenvalue weighted by Crippen LogP contribution is 2.26. The number of hydrogen-bond acceptors (Lipinski definition) is 4. The zero-order valence-corrected chi connectivity index (χ0v) is 14.6. The summed E-state index contributed by atoms with van der Waals surface area (Å²) in [5, 5.41) is 0. The van der Waals surface area contributed by atoms with Crippen LogP contribution in [0.5, 0.6) is 0 Å². The number of piperazine rings is 1. The maximum Gasteiger partial charge on any atom is 0.421 e. The maximum absolute atomic E-state index is 12.8. The predicted molar refractivity (Wildman–Crippen MR) is 87.8 cm³/mol. The number of pyridine rings is 1. The van der Waals surface area contributed by atoms with Gasteiger partial charge in [-0.3, -0.25) is 14.4 Å². The van der Waals surface area contributed by atoms with Gasteiger partial charge in [0.1, 0.15) is 18.2 Å². The minimum Gasteiger partial charge on any atom is -0.368 e. The minimum absolute atomic E-state index is 0.0892. The monoisotopic (exact) mass is 387 g/mol. The van der Waals surface area contributed by atoms with Crippen LogP contribution in [0.15, 0.2) is 23.1 Å². The van der Waals surface area contributed by atoms with E-state index in [0.717, 1.165) is 23.3 Å². The molecule has 3 rings (SSSR count). The van der Waals surface area contributed by atoms with E-state index in [2.05, 4.69) is 0 Å². The molecule has 0 spiro atoms. The second-order valence-electron chi connectivity index (χ2n) is 6.56. The second kappa shape index (κ2) is 7.71. The Labute approximate surface area is 153 Å². The molecule has 0 N–H and O–H groups in total. The van der Waals surface area contributed by atoms with Crippen LogP contribution >= 0.6 is 0 Å².